The van der Waals surface area contributed by atoms with Gasteiger partial charge in [-0.2, -0.15) is 0 Å². The number of hydrogen-bond donors (Lipinski definition) is 1. The summed E-state index contributed by atoms with van der Waals surface area (Å²) in [7, 11) is 0. The van der Waals surface area contributed by atoms with Gasteiger partial charge in [0.15, 0.2) is 0 Å². The summed E-state index contributed by atoms with van der Waals surface area (Å²) >= 11 is 12.5. The van der Waals surface area contributed by atoms with Crippen molar-refractivity contribution in [2.24, 2.45) is 5.73 Å². The van der Waals surface area contributed by atoms with Gasteiger partial charge in [0.1, 0.15) is 11.3 Å². The molecule has 0 bridgehead atoms. The third-order valence-electron chi connectivity index (χ3n) is 5.62. The zero-order valence-corrected chi connectivity index (χ0v) is 18.7. The number of halogens is 2. The largest absolute Gasteiger partial charge is 0.339 e. The molecule has 0 atom stereocenters. The van der Waals surface area contributed by atoms with Crippen LogP contribution in [0.3, 0.4) is 0 Å². The van der Waals surface area contributed by atoms with Crippen molar-refractivity contribution in [3.63, 3.8) is 0 Å². The van der Waals surface area contributed by atoms with E-state index in [-0.39, 0.29) is 11.8 Å². The van der Waals surface area contributed by atoms with Crippen LogP contribution in [0.1, 0.15) is 29.4 Å². The molecule has 2 amide bonds. The number of imidazole rings is 1. The minimum absolute atomic E-state index is 0.112. The van der Waals surface area contributed by atoms with E-state index in [2.05, 4.69) is 4.98 Å². The first-order valence-electron chi connectivity index (χ1n) is 10.2. The van der Waals surface area contributed by atoms with E-state index in [1.807, 2.05) is 25.3 Å². The Kier molecular flexibility index (Phi) is 6.18. The quantitative estimate of drug-likeness (QED) is 0.647. The van der Waals surface area contributed by atoms with Crippen LogP contribution in [0.5, 0.6) is 0 Å². The predicted octanol–water partition coefficient (Wildman–Crippen LogP) is 3.46. The Labute approximate surface area is 190 Å². The molecule has 0 saturated carbocycles. The Morgan fingerprint density at radius 1 is 1.06 bits per heavy atom. The number of fused-ring (bicyclic) bond motifs is 1. The molecule has 7 nitrogen and oxygen atoms in total. The van der Waals surface area contributed by atoms with Gasteiger partial charge in [-0.3, -0.25) is 14.0 Å². The Morgan fingerprint density at radius 3 is 2.42 bits per heavy atom. The molecule has 9 heteroatoms. The highest BCUT2D eigenvalue weighted by atomic mass is 35.5. The molecule has 2 N–H and O–H groups in total. The molecular weight excluding hydrogens is 437 g/mol. The fraction of sp³-hybridized carbons (Fsp3) is 0.318. The van der Waals surface area contributed by atoms with E-state index in [0.29, 0.717) is 60.5 Å². The summed E-state index contributed by atoms with van der Waals surface area (Å²) in [6.07, 6.45) is 3.90. The van der Waals surface area contributed by atoms with Crippen molar-refractivity contribution in [1.82, 2.24) is 19.2 Å². The lowest BCUT2D eigenvalue weighted by atomic mass is 10.0. The number of carbonyl (C=O) groups is 2. The van der Waals surface area contributed by atoms with Crippen molar-refractivity contribution in [2.45, 2.75) is 19.9 Å². The lowest BCUT2D eigenvalue weighted by molar-refractivity contribution is -0.132. The van der Waals surface area contributed by atoms with Gasteiger partial charge in [-0.25, -0.2) is 4.98 Å². The van der Waals surface area contributed by atoms with Crippen molar-refractivity contribution in [3.8, 4) is 11.1 Å². The lowest BCUT2D eigenvalue weighted by Crippen LogP contribution is -2.50. The zero-order valence-electron chi connectivity index (χ0n) is 17.1. The molecular formula is C22H23Cl2N5O2. The van der Waals surface area contributed by atoms with Gasteiger partial charge in [0, 0.05) is 66.5 Å². The van der Waals surface area contributed by atoms with Gasteiger partial charge in [0.25, 0.3) is 5.91 Å². The lowest BCUT2D eigenvalue weighted by Gasteiger charge is -2.34. The smallest absolute Gasteiger partial charge is 0.272 e. The van der Waals surface area contributed by atoms with Crippen molar-refractivity contribution >= 4 is 40.7 Å². The Hall–Kier alpha value is -2.61. The minimum Gasteiger partial charge on any atom is -0.339 e. The molecule has 2 aromatic heterocycles. The number of carbonyl (C=O) groups excluding carboxylic acids is 2. The van der Waals surface area contributed by atoms with Crippen molar-refractivity contribution in [1.29, 1.82) is 0 Å². The standard InChI is InChI=1S/C22H23Cl2N5O2/c1-2-21(30)27-5-7-28(8-6-27)22(31)19-12-26-20-9-14(11-25)17(13-29(19)20)16-4-3-15(23)10-18(16)24/h3-4,9-10,12-13H,2,5-8,11,25H2,1H3. The molecule has 0 unspecified atom stereocenters. The molecule has 0 radical (unpaired) electrons. The highest BCUT2D eigenvalue weighted by Gasteiger charge is 2.26. The summed E-state index contributed by atoms with van der Waals surface area (Å²) in [6.45, 7) is 4.21. The summed E-state index contributed by atoms with van der Waals surface area (Å²) in [4.78, 5) is 33.1. The summed E-state index contributed by atoms with van der Waals surface area (Å²) < 4.78 is 1.77. The maximum Gasteiger partial charge on any atom is 0.272 e. The predicted molar refractivity (Wildman–Crippen MR) is 121 cm³/mol. The third-order valence-corrected chi connectivity index (χ3v) is 6.16. The van der Waals surface area contributed by atoms with Crippen LogP contribution in [-0.2, 0) is 11.3 Å². The first kappa shape index (κ1) is 21.6. The normalized spacial score (nSPS) is 14.3. The first-order chi connectivity index (χ1) is 14.9. The second kappa shape index (κ2) is 8.86. The van der Waals surface area contributed by atoms with Crippen LogP contribution < -0.4 is 5.73 Å². The molecule has 4 rings (SSSR count). The molecule has 1 aliphatic heterocycles. The molecule has 31 heavy (non-hydrogen) atoms. The molecule has 3 aromatic rings. The molecule has 0 spiro atoms. The van der Waals surface area contributed by atoms with Crippen LogP contribution in [0.15, 0.2) is 36.7 Å². The number of nitrogens with zero attached hydrogens (tertiary/aromatic N) is 4. The van der Waals surface area contributed by atoms with Gasteiger partial charge < -0.3 is 15.5 Å². The number of hydrogen-bond acceptors (Lipinski definition) is 4. The summed E-state index contributed by atoms with van der Waals surface area (Å²) in [5.74, 6) is -0.00884. The molecule has 162 valence electrons. The number of benzene rings is 1. The molecule has 1 saturated heterocycles. The van der Waals surface area contributed by atoms with Gasteiger partial charge in [0.05, 0.1) is 6.20 Å². The van der Waals surface area contributed by atoms with Gasteiger partial charge in [0.2, 0.25) is 5.91 Å². The van der Waals surface area contributed by atoms with E-state index in [1.165, 1.54) is 0 Å². The first-order valence-corrected chi connectivity index (χ1v) is 10.9. The van der Waals surface area contributed by atoms with Crippen molar-refractivity contribution in [2.75, 3.05) is 26.2 Å². The van der Waals surface area contributed by atoms with E-state index < -0.39 is 0 Å². The van der Waals surface area contributed by atoms with Crippen LogP contribution in [-0.4, -0.2) is 57.2 Å². The molecule has 1 aliphatic rings. The van der Waals surface area contributed by atoms with E-state index in [9.17, 15) is 9.59 Å². The number of nitrogens with two attached hydrogens (primary N) is 1. The van der Waals surface area contributed by atoms with Crippen LogP contribution in [0, 0.1) is 0 Å². The Balaban J connectivity index is 1.68. The SMILES string of the molecule is CCC(=O)N1CCN(C(=O)c2cnc3cc(CN)c(-c4ccc(Cl)cc4Cl)cn23)CC1. The van der Waals surface area contributed by atoms with E-state index in [4.69, 9.17) is 28.9 Å². The van der Waals surface area contributed by atoms with Crippen molar-refractivity contribution in [3.05, 3.63) is 58.0 Å². The molecule has 3 heterocycles. The fourth-order valence-corrected chi connectivity index (χ4v) is 4.40. The van der Waals surface area contributed by atoms with E-state index in [1.54, 1.807) is 32.5 Å². The highest BCUT2D eigenvalue weighted by Crippen LogP contribution is 2.33. The van der Waals surface area contributed by atoms with Gasteiger partial charge >= 0.3 is 0 Å². The summed E-state index contributed by atoms with van der Waals surface area (Å²) in [5, 5.41) is 1.05. The molecule has 1 aromatic carbocycles. The maximum absolute atomic E-state index is 13.2. The van der Waals surface area contributed by atoms with Crippen LogP contribution in [0.2, 0.25) is 10.0 Å². The van der Waals surface area contributed by atoms with Crippen LogP contribution in [0.25, 0.3) is 16.8 Å². The van der Waals surface area contributed by atoms with E-state index in [0.717, 1.165) is 16.7 Å². The highest BCUT2D eigenvalue weighted by molar-refractivity contribution is 6.36. The third kappa shape index (κ3) is 4.13. The number of piperazine rings is 1. The Morgan fingerprint density at radius 2 is 1.77 bits per heavy atom. The summed E-state index contributed by atoms with van der Waals surface area (Å²) in [6, 6.07) is 7.16. The van der Waals surface area contributed by atoms with E-state index >= 15 is 0 Å². The number of aromatic nitrogens is 2. The van der Waals surface area contributed by atoms with Gasteiger partial charge in [-0.1, -0.05) is 36.2 Å². The average molecular weight is 460 g/mol. The summed E-state index contributed by atoms with van der Waals surface area (Å²) in [5.41, 5.74) is 9.55. The fourth-order valence-electron chi connectivity index (χ4n) is 3.89. The van der Waals surface area contributed by atoms with Gasteiger partial charge in [-0.05, 0) is 23.8 Å². The molecule has 0 aliphatic carbocycles. The molecule has 1 fully saturated rings. The van der Waals surface area contributed by atoms with Crippen molar-refractivity contribution < 1.29 is 9.59 Å². The van der Waals surface area contributed by atoms with Crippen LogP contribution >= 0.6 is 23.2 Å². The number of pyridine rings is 1. The topological polar surface area (TPSA) is 83.9 Å². The van der Waals surface area contributed by atoms with Crippen LogP contribution in [0.4, 0.5) is 0 Å². The second-order valence-electron chi connectivity index (χ2n) is 7.44. The monoisotopic (exact) mass is 459 g/mol. The minimum atomic E-state index is -0.121. The number of amides is 2. The Bertz CT molecular complexity index is 1150. The second-order valence-corrected chi connectivity index (χ2v) is 8.28. The number of rotatable bonds is 4. The maximum atomic E-state index is 13.2. The average Bonchev–Trinajstić information content (AvgIpc) is 3.20. The zero-order chi connectivity index (χ0) is 22.1. The van der Waals surface area contributed by atoms with Gasteiger partial charge in [-0.15, -0.1) is 0 Å².